The summed E-state index contributed by atoms with van der Waals surface area (Å²) in [5, 5.41) is 7.17. The predicted molar refractivity (Wildman–Crippen MR) is 75.4 cm³/mol. The Morgan fingerprint density at radius 3 is 3.05 bits per heavy atom. The van der Waals surface area contributed by atoms with E-state index in [9.17, 15) is 4.79 Å². The summed E-state index contributed by atoms with van der Waals surface area (Å²) < 4.78 is 5.14. The van der Waals surface area contributed by atoms with Crippen LogP contribution in [0.25, 0.3) is 0 Å². The van der Waals surface area contributed by atoms with Crippen LogP contribution in [0.1, 0.15) is 28.4 Å². The van der Waals surface area contributed by atoms with E-state index in [0.717, 1.165) is 28.4 Å². The molecule has 1 atom stereocenters. The minimum Gasteiger partial charge on any atom is -0.361 e. The summed E-state index contributed by atoms with van der Waals surface area (Å²) in [6, 6.07) is -0.230. The molecule has 7 heteroatoms. The second-order valence-electron chi connectivity index (χ2n) is 5.46. The Kier molecular flexibility index (Phi) is 3.50. The van der Waals surface area contributed by atoms with E-state index in [-0.39, 0.29) is 11.9 Å². The average molecular weight is 289 g/mol. The first-order valence-electron chi connectivity index (χ1n) is 6.97. The average Bonchev–Trinajstić information content (AvgIpc) is 3.07. The van der Waals surface area contributed by atoms with Crippen molar-refractivity contribution in [1.29, 1.82) is 0 Å². The topological polar surface area (TPSA) is 87.1 Å². The minimum absolute atomic E-state index is 0.0589. The molecule has 0 saturated carbocycles. The number of hydrogen-bond donors (Lipinski definition) is 2. The van der Waals surface area contributed by atoms with Gasteiger partial charge in [0.1, 0.15) is 5.76 Å². The molecular formula is C14H19N5O2. The number of aromatic amines is 1. The van der Waals surface area contributed by atoms with Crippen LogP contribution in [-0.4, -0.2) is 39.0 Å². The lowest BCUT2D eigenvalue weighted by Gasteiger charge is -2.27. The van der Waals surface area contributed by atoms with Crippen molar-refractivity contribution in [2.45, 2.75) is 39.4 Å². The fourth-order valence-corrected chi connectivity index (χ4v) is 2.65. The molecule has 1 amide bonds. The zero-order valence-electron chi connectivity index (χ0n) is 12.4. The third-order valence-electron chi connectivity index (χ3n) is 3.98. The number of carbonyl (C=O) groups is 1. The molecule has 2 aromatic heterocycles. The first-order chi connectivity index (χ1) is 10.1. The highest BCUT2D eigenvalue weighted by Gasteiger charge is 2.28. The fraction of sp³-hybridized carbons (Fsp3) is 0.500. The summed E-state index contributed by atoms with van der Waals surface area (Å²) >= 11 is 0. The zero-order chi connectivity index (χ0) is 15.0. The second-order valence-corrected chi connectivity index (χ2v) is 5.46. The van der Waals surface area contributed by atoms with Gasteiger partial charge in [-0.2, -0.15) is 0 Å². The number of carbonyl (C=O) groups excluding carboxylic acids is 1. The van der Waals surface area contributed by atoms with Crippen LogP contribution < -0.4 is 5.32 Å². The number of aryl methyl sites for hydroxylation is 2. The van der Waals surface area contributed by atoms with Crippen molar-refractivity contribution < 1.29 is 9.32 Å². The third-order valence-corrected chi connectivity index (χ3v) is 3.98. The second kappa shape index (κ2) is 5.33. The summed E-state index contributed by atoms with van der Waals surface area (Å²) in [4.78, 5) is 21.6. The zero-order valence-corrected chi connectivity index (χ0v) is 12.4. The molecule has 21 heavy (non-hydrogen) atoms. The Morgan fingerprint density at radius 2 is 2.33 bits per heavy atom. The van der Waals surface area contributed by atoms with Gasteiger partial charge in [-0.1, -0.05) is 5.16 Å². The molecule has 0 saturated heterocycles. The van der Waals surface area contributed by atoms with Gasteiger partial charge in [-0.05, 0) is 13.8 Å². The van der Waals surface area contributed by atoms with E-state index in [0.29, 0.717) is 19.5 Å². The van der Waals surface area contributed by atoms with Crippen LogP contribution in [-0.2, 0) is 24.3 Å². The molecule has 3 rings (SSSR count). The van der Waals surface area contributed by atoms with Gasteiger partial charge in [0.25, 0.3) is 0 Å². The lowest BCUT2D eigenvalue weighted by atomic mass is 10.0. The van der Waals surface area contributed by atoms with Gasteiger partial charge in [0.15, 0.2) is 0 Å². The number of hydrogen-bond acceptors (Lipinski definition) is 5. The fourth-order valence-electron chi connectivity index (χ4n) is 2.65. The van der Waals surface area contributed by atoms with E-state index >= 15 is 0 Å². The Balaban J connectivity index is 1.68. The molecule has 0 aliphatic carbocycles. The molecule has 0 aromatic carbocycles. The van der Waals surface area contributed by atoms with Gasteiger partial charge >= 0.3 is 0 Å². The van der Waals surface area contributed by atoms with Gasteiger partial charge in [0, 0.05) is 25.6 Å². The van der Waals surface area contributed by atoms with Crippen molar-refractivity contribution in [3.8, 4) is 0 Å². The highest BCUT2D eigenvalue weighted by Crippen LogP contribution is 2.17. The Labute approximate surface area is 122 Å². The smallest absolute Gasteiger partial charge is 0.240 e. The van der Waals surface area contributed by atoms with Crippen molar-refractivity contribution in [2.24, 2.45) is 0 Å². The predicted octanol–water partition coefficient (Wildman–Crippen LogP) is 0.687. The van der Waals surface area contributed by atoms with Crippen LogP contribution in [0.3, 0.4) is 0 Å². The number of fused-ring (bicyclic) bond motifs is 1. The molecule has 0 radical (unpaired) electrons. The van der Waals surface area contributed by atoms with Crippen molar-refractivity contribution in [3.63, 3.8) is 0 Å². The number of nitrogens with zero attached hydrogens (tertiary/aromatic N) is 3. The van der Waals surface area contributed by atoms with Gasteiger partial charge in [-0.25, -0.2) is 4.98 Å². The van der Waals surface area contributed by atoms with Crippen molar-refractivity contribution in [1.82, 2.24) is 25.3 Å². The van der Waals surface area contributed by atoms with E-state index in [1.165, 1.54) is 0 Å². The number of imidazole rings is 1. The Morgan fingerprint density at radius 1 is 1.52 bits per heavy atom. The summed E-state index contributed by atoms with van der Waals surface area (Å²) in [7, 11) is 1.80. The number of rotatable bonds is 3. The summed E-state index contributed by atoms with van der Waals surface area (Å²) in [5.74, 6) is 0.821. The number of amides is 1. The van der Waals surface area contributed by atoms with Crippen LogP contribution in [0.5, 0.6) is 0 Å². The van der Waals surface area contributed by atoms with Crippen molar-refractivity contribution >= 4 is 5.91 Å². The molecule has 112 valence electrons. The first-order valence-corrected chi connectivity index (χ1v) is 6.97. The van der Waals surface area contributed by atoms with E-state index in [4.69, 9.17) is 4.52 Å². The molecule has 1 aliphatic heterocycles. The Hall–Kier alpha value is -2.15. The molecule has 3 heterocycles. The van der Waals surface area contributed by atoms with Crippen LogP contribution in [0, 0.1) is 13.8 Å². The SMILES string of the molecule is Cc1noc(C)c1CN(C)C(=O)C1Cc2nc[nH]c2CN1. The molecule has 1 aliphatic rings. The first kappa shape index (κ1) is 13.8. The largest absolute Gasteiger partial charge is 0.361 e. The third kappa shape index (κ3) is 2.56. The standard InChI is InChI=1S/C14H19N5O2/c1-8-10(9(2)21-18-8)6-19(3)14(20)12-4-11-13(5-15-12)17-7-16-11/h7,12,15H,4-6H2,1-3H3,(H,16,17). The molecule has 2 N–H and O–H groups in total. The van der Waals surface area contributed by atoms with Crippen molar-refractivity contribution in [3.05, 3.63) is 34.7 Å². The van der Waals surface area contributed by atoms with E-state index in [1.807, 2.05) is 13.8 Å². The number of likely N-dealkylation sites (N-methyl/N-ethyl adjacent to an activating group) is 1. The molecular weight excluding hydrogens is 270 g/mol. The summed E-state index contributed by atoms with van der Waals surface area (Å²) in [6.07, 6.45) is 2.29. The maximum atomic E-state index is 12.6. The summed E-state index contributed by atoms with van der Waals surface area (Å²) in [5.41, 5.74) is 3.84. The van der Waals surface area contributed by atoms with E-state index < -0.39 is 0 Å². The van der Waals surface area contributed by atoms with Crippen LogP contribution >= 0.6 is 0 Å². The van der Waals surface area contributed by atoms with Crippen LogP contribution in [0.15, 0.2) is 10.9 Å². The number of nitrogens with one attached hydrogen (secondary N) is 2. The molecule has 7 nitrogen and oxygen atoms in total. The maximum absolute atomic E-state index is 12.6. The number of aromatic nitrogens is 3. The lowest BCUT2D eigenvalue weighted by Crippen LogP contribution is -2.48. The lowest BCUT2D eigenvalue weighted by molar-refractivity contribution is -0.132. The minimum atomic E-state index is -0.230. The molecule has 0 spiro atoms. The van der Waals surface area contributed by atoms with E-state index in [1.54, 1.807) is 18.3 Å². The van der Waals surface area contributed by atoms with Gasteiger partial charge in [0.05, 0.1) is 36.0 Å². The highest BCUT2D eigenvalue weighted by molar-refractivity contribution is 5.82. The van der Waals surface area contributed by atoms with Gasteiger partial charge < -0.3 is 14.4 Å². The molecule has 0 fully saturated rings. The van der Waals surface area contributed by atoms with Gasteiger partial charge in [-0.15, -0.1) is 0 Å². The summed E-state index contributed by atoms with van der Waals surface area (Å²) in [6.45, 7) is 4.90. The molecule has 0 bridgehead atoms. The molecule has 1 unspecified atom stereocenters. The van der Waals surface area contributed by atoms with Crippen LogP contribution in [0.2, 0.25) is 0 Å². The molecule has 2 aromatic rings. The van der Waals surface area contributed by atoms with Gasteiger partial charge in [0.2, 0.25) is 5.91 Å². The normalized spacial score (nSPS) is 17.6. The quantitative estimate of drug-likeness (QED) is 0.868. The van der Waals surface area contributed by atoms with Crippen molar-refractivity contribution in [2.75, 3.05) is 7.05 Å². The maximum Gasteiger partial charge on any atom is 0.240 e. The Bertz CT molecular complexity index is 641. The van der Waals surface area contributed by atoms with Crippen LogP contribution in [0.4, 0.5) is 0 Å². The number of H-pyrrole nitrogens is 1. The van der Waals surface area contributed by atoms with E-state index in [2.05, 4.69) is 20.4 Å². The monoisotopic (exact) mass is 289 g/mol. The van der Waals surface area contributed by atoms with Gasteiger partial charge in [-0.3, -0.25) is 10.1 Å². The highest BCUT2D eigenvalue weighted by atomic mass is 16.5.